The fourth-order valence-electron chi connectivity index (χ4n) is 1.94. The van der Waals surface area contributed by atoms with Gasteiger partial charge in [-0.05, 0) is 37.6 Å². The fourth-order valence-corrected chi connectivity index (χ4v) is 2.96. The summed E-state index contributed by atoms with van der Waals surface area (Å²) in [6.45, 7) is 1.60. The van der Waals surface area contributed by atoms with Gasteiger partial charge in [-0.25, -0.2) is 13.1 Å². The minimum atomic E-state index is -3.40. The number of hydrogen-bond donors (Lipinski definition) is 2. The monoisotopic (exact) mass is 283 g/mol. The quantitative estimate of drug-likeness (QED) is 0.765. The first-order valence-corrected chi connectivity index (χ1v) is 8.00. The van der Waals surface area contributed by atoms with Crippen LogP contribution >= 0.6 is 0 Å². The Morgan fingerprint density at radius 1 is 1.32 bits per heavy atom. The molecular formula is C13H21N3O2S. The van der Waals surface area contributed by atoms with Crippen molar-refractivity contribution in [1.29, 1.82) is 0 Å². The summed E-state index contributed by atoms with van der Waals surface area (Å²) in [5.74, 6) is 0. The summed E-state index contributed by atoms with van der Waals surface area (Å²) < 4.78 is 26.7. The molecule has 6 heteroatoms. The zero-order valence-corrected chi connectivity index (χ0v) is 12.0. The van der Waals surface area contributed by atoms with E-state index in [9.17, 15) is 8.42 Å². The third kappa shape index (κ3) is 4.01. The fraction of sp³-hybridized carbons (Fsp3) is 0.538. The molecule has 3 N–H and O–H groups in total. The molecule has 0 atom stereocenters. The molecule has 0 saturated heterocycles. The van der Waals surface area contributed by atoms with Crippen molar-refractivity contribution >= 4 is 10.0 Å². The van der Waals surface area contributed by atoms with Crippen molar-refractivity contribution in [3.63, 3.8) is 0 Å². The largest absolute Gasteiger partial charge is 0.326 e. The molecule has 0 aromatic heterocycles. The highest BCUT2D eigenvalue weighted by Gasteiger charge is 2.25. The van der Waals surface area contributed by atoms with E-state index in [4.69, 9.17) is 5.73 Å². The molecule has 1 saturated carbocycles. The average molecular weight is 283 g/mol. The second-order valence-electron chi connectivity index (χ2n) is 4.96. The van der Waals surface area contributed by atoms with Crippen molar-refractivity contribution in [2.45, 2.75) is 30.3 Å². The number of nitrogens with two attached hydrogens (primary N) is 1. The lowest BCUT2D eigenvalue weighted by atomic mass is 10.2. The van der Waals surface area contributed by atoms with Gasteiger partial charge >= 0.3 is 0 Å². The topological polar surface area (TPSA) is 75.4 Å². The molecule has 1 fully saturated rings. The van der Waals surface area contributed by atoms with Crippen LogP contribution in [0.4, 0.5) is 0 Å². The highest BCUT2D eigenvalue weighted by molar-refractivity contribution is 7.89. The standard InChI is InChI=1S/C13H21N3O2S/c1-16(12-4-5-12)9-8-15-19(17,18)13-6-2-11(10-14)3-7-13/h2-3,6-7,12,15H,4-5,8-10,14H2,1H3. The average Bonchev–Trinajstić information content (AvgIpc) is 3.23. The summed E-state index contributed by atoms with van der Waals surface area (Å²) in [4.78, 5) is 2.49. The Morgan fingerprint density at radius 2 is 1.95 bits per heavy atom. The zero-order valence-electron chi connectivity index (χ0n) is 11.2. The maximum atomic E-state index is 12.0. The lowest BCUT2D eigenvalue weighted by Crippen LogP contribution is -2.33. The molecule has 0 amide bonds. The first kappa shape index (κ1) is 14.5. The molecule has 0 spiro atoms. The summed E-state index contributed by atoms with van der Waals surface area (Å²) in [5, 5.41) is 0. The van der Waals surface area contributed by atoms with Gasteiger partial charge in [0.1, 0.15) is 0 Å². The highest BCUT2D eigenvalue weighted by atomic mass is 32.2. The van der Waals surface area contributed by atoms with E-state index in [1.165, 1.54) is 12.8 Å². The number of benzene rings is 1. The van der Waals surface area contributed by atoms with Gasteiger partial charge in [-0.3, -0.25) is 0 Å². The van der Waals surface area contributed by atoms with Crippen LogP contribution in [0, 0.1) is 0 Å². The lowest BCUT2D eigenvalue weighted by molar-refractivity contribution is 0.329. The van der Waals surface area contributed by atoms with Gasteiger partial charge in [-0.15, -0.1) is 0 Å². The van der Waals surface area contributed by atoms with Gasteiger partial charge in [0.25, 0.3) is 0 Å². The Kier molecular flexibility index (Phi) is 4.57. The molecule has 5 nitrogen and oxygen atoms in total. The van der Waals surface area contributed by atoms with Crippen LogP contribution in [0.3, 0.4) is 0 Å². The van der Waals surface area contributed by atoms with Gasteiger partial charge in [0.15, 0.2) is 0 Å². The maximum Gasteiger partial charge on any atom is 0.240 e. The number of nitrogens with one attached hydrogen (secondary N) is 1. The number of rotatable bonds is 7. The summed E-state index contributed by atoms with van der Waals surface area (Å²) in [6.07, 6.45) is 2.45. The van der Waals surface area contributed by atoms with Gasteiger partial charge in [0, 0.05) is 25.7 Å². The van der Waals surface area contributed by atoms with E-state index in [1.54, 1.807) is 24.3 Å². The first-order chi connectivity index (χ1) is 9.03. The molecule has 0 heterocycles. The third-order valence-corrected chi connectivity index (χ3v) is 4.87. The van der Waals surface area contributed by atoms with Crippen LogP contribution in [0.25, 0.3) is 0 Å². The van der Waals surface area contributed by atoms with Crippen LogP contribution < -0.4 is 10.5 Å². The Balaban J connectivity index is 1.89. The van der Waals surface area contributed by atoms with Gasteiger partial charge in [0.05, 0.1) is 4.90 Å². The second kappa shape index (κ2) is 6.00. The van der Waals surface area contributed by atoms with Crippen LogP contribution in [0.5, 0.6) is 0 Å². The summed E-state index contributed by atoms with van der Waals surface area (Å²) in [5.41, 5.74) is 6.41. The third-order valence-electron chi connectivity index (χ3n) is 3.40. The normalized spacial score (nSPS) is 15.9. The second-order valence-corrected chi connectivity index (χ2v) is 6.72. The van der Waals surface area contributed by atoms with E-state index in [0.717, 1.165) is 12.1 Å². The smallest absolute Gasteiger partial charge is 0.240 e. The number of likely N-dealkylation sites (N-methyl/N-ethyl adjacent to an activating group) is 1. The summed E-state index contributed by atoms with van der Waals surface area (Å²) in [6, 6.07) is 7.31. The van der Waals surface area contributed by atoms with E-state index in [2.05, 4.69) is 9.62 Å². The lowest BCUT2D eigenvalue weighted by Gasteiger charge is -2.15. The van der Waals surface area contributed by atoms with Crippen LogP contribution in [-0.4, -0.2) is 39.5 Å². The van der Waals surface area contributed by atoms with E-state index >= 15 is 0 Å². The van der Waals surface area contributed by atoms with E-state index in [0.29, 0.717) is 24.0 Å². The number of sulfonamides is 1. The van der Waals surface area contributed by atoms with E-state index in [1.807, 2.05) is 7.05 Å². The minimum absolute atomic E-state index is 0.291. The van der Waals surface area contributed by atoms with Crippen molar-refractivity contribution in [3.8, 4) is 0 Å². The Bertz CT molecular complexity index is 509. The predicted octanol–water partition coefficient (Wildman–Crippen LogP) is 0.518. The van der Waals surface area contributed by atoms with Crippen LogP contribution in [0.2, 0.25) is 0 Å². The Hall–Kier alpha value is -0.950. The summed E-state index contributed by atoms with van der Waals surface area (Å²) >= 11 is 0. The molecule has 0 bridgehead atoms. The Labute approximate surface area is 114 Å². The molecule has 1 aromatic carbocycles. The molecule has 1 aromatic rings. The molecule has 1 aliphatic carbocycles. The van der Waals surface area contributed by atoms with Gasteiger partial charge in [-0.1, -0.05) is 12.1 Å². The molecule has 19 heavy (non-hydrogen) atoms. The van der Waals surface area contributed by atoms with Crippen LogP contribution in [0.15, 0.2) is 29.2 Å². The zero-order chi connectivity index (χ0) is 13.9. The van der Waals surface area contributed by atoms with Crippen LogP contribution in [0.1, 0.15) is 18.4 Å². The number of nitrogens with zero attached hydrogens (tertiary/aromatic N) is 1. The van der Waals surface area contributed by atoms with E-state index in [-0.39, 0.29) is 0 Å². The molecule has 2 rings (SSSR count). The molecule has 1 aliphatic rings. The maximum absolute atomic E-state index is 12.0. The van der Waals surface area contributed by atoms with Crippen molar-refractivity contribution in [1.82, 2.24) is 9.62 Å². The molecular weight excluding hydrogens is 262 g/mol. The van der Waals surface area contributed by atoms with Crippen molar-refractivity contribution < 1.29 is 8.42 Å². The van der Waals surface area contributed by atoms with Crippen molar-refractivity contribution in [3.05, 3.63) is 29.8 Å². The van der Waals surface area contributed by atoms with Gasteiger partial charge in [-0.2, -0.15) is 0 Å². The molecule has 0 unspecified atom stereocenters. The Morgan fingerprint density at radius 3 is 2.47 bits per heavy atom. The predicted molar refractivity (Wildman–Crippen MR) is 75.2 cm³/mol. The first-order valence-electron chi connectivity index (χ1n) is 6.52. The highest BCUT2D eigenvalue weighted by Crippen LogP contribution is 2.24. The molecule has 106 valence electrons. The summed E-state index contributed by atoms with van der Waals surface area (Å²) in [7, 11) is -1.37. The SMILES string of the molecule is CN(CCNS(=O)(=O)c1ccc(CN)cc1)C1CC1. The molecule has 0 aliphatic heterocycles. The number of hydrogen-bond acceptors (Lipinski definition) is 4. The molecule has 0 radical (unpaired) electrons. The van der Waals surface area contributed by atoms with Crippen LogP contribution in [-0.2, 0) is 16.6 Å². The van der Waals surface area contributed by atoms with Gasteiger partial charge in [0.2, 0.25) is 10.0 Å². The van der Waals surface area contributed by atoms with Crippen molar-refractivity contribution in [2.24, 2.45) is 5.73 Å². The minimum Gasteiger partial charge on any atom is -0.326 e. The van der Waals surface area contributed by atoms with Crippen molar-refractivity contribution in [2.75, 3.05) is 20.1 Å². The van der Waals surface area contributed by atoms with Gasteiger partial charge < -0.3 is 10.6 Å². The van der Waals surface area contributed by atoms with E-state index < -0.39 is 10.0 Å².